The SMILES string of the molecule is O=C(Nc1ccn(Cc2ccc(F)cc2Cl)n1)c1cnn2c(C(F)F)cc(-c3ccccc3)nc12. The molecule has 0 atom stereocenters. The van der Waals surface area contributed by atoms with Crippen molar-refractivity contribution in [2.45, 2.75) is 13.0 Å². The Balaban J connectivity index is 1.43. The van der Waals surface area contributed by atoms with Gasteiger partial charge >= 0.3 is 0 Å². The maximum atomic E-state index is 13.7. The minimum Gasteiger partial charge on any atom is -0.305 e. The van der Waals surface area contributed by atoms with Crippen LogP contribution in [0.2, 0.25) is 5.02 Å². The number of nitrogens with one attached hydrogen (secondary N) is 1. The molecule has 0 spiro atoms. The Morgan fingerprint density at radius 1 is 1.09 bits per heavy atom. The molecule has 0 saturated carbocycles. The van der Waals surface area contributed by atoms with Gasteiger partial charge in [0.25, 0.3) is 12.3 Å². The minimum atomic E-state index is -2.83. The van der Waals surface area contributed by atoms with Crippen molar-refractivity contribution in [2.75, 3.05) is 5.32 Å². The largest absolute Gasteiger partial charge is 0.305 e. The summed E-state index contributed by atoms with van der Waals surface area (Å²) >= 11 is 6.07. The Kier molecular flexibility index (Phi) is 5.96. The van der Waals surface area contributed by atoms with Crippen LogP contribution in [0.4, 0.5) is 19.0 Å². The van der Waals surface area contributed by atoms with E-state index in [1.165, 1.54) is 29.1 Å². The van der Waals surface area contributed by atoms with Crippen LogP contribution in [0.1, 0.15) is 28.0 Å². The van der Waals surface area contributed by atoms with Gasteiger partial charge in [-0.2, -0.15) is 10.2 Å². The van der Waals surface area contributed by atoms with Crippen molar-refractivity contribution < 1.29 is 18.0 Å². The molecule has 176 valence electrons. The summed E-state index contributed by atoms with van der Waals surface area (Å²) in [6.07, 6.45) is -0.0209. The van der Waals surface area contributed by atoms with Gasteiger partial charge in [-0.25, -0.2) is 22.7 Å². The summed E-state index contributed by atoms with van der Waals surface area (Å²) in [4.78, 5) is 17.4. The highest BCUT2D eigenvalue weighted by Crippen LogP contribution is 2.27. The average Bonchev–Trinajstić information content (AvgIpc) is 3.47. The van der Waals surface area contributed by atoms with Crippen molar-refractivity contribution in [1.82, 2.24) is 24.4 Å². The van der Waals surface area contributed by atoms with Gasteiger partial charge < -0.3 is 5.32 Å². The van der Waals surface area contributed by atoms with Crippen LogP contribution in [0.5, 0.6) is 0 Å². The van der Waals surface area contributed by atoms with Crippen LogP contribution in [-0.4, -0.2) is 30.3 Å². The first kappa shape index (κ1) is 22.6. The molecule has 0 fully saturated rings. The number of hydrogen-bond acceptors (Lipinski definition) is 4. The highest BCUT2D eigenvalue weighted by molar-refractivity contribution is 6.31. The summed E-state index contributed by atoms with van der Waals surface area (Å²) in [7, 11) is 0. The number of carbonyl (C=O) groups is 1. The fourth-order valence-corrected chi connectivity index (χ4v) is 3.81. The second-order valence-electron chi connectivity index (χ2n) is 7.62. The lowest BCUT2D eigenvalue weighted by atomic mass is 10.1. The maximum Gasteiger partial charge on any atom is 0.280 e. The van der Waals surface area contributed by atoms with Crippen molar-refractivity contribution in [3.63, 3.8) is 0 Å². The zero-order valence-corrected chi connectivity index (χ0v) is 18.6. The van der Waals surface area contributed by atoms with Gasteiger partial charge in [0.05, 0.1) is 18.4 Å². The first-order valence-electron chi connectivity index (χ1n) is 10.4. The summed E-state index contributed by atoms with van der Waals surface area (Å²) in [6.45, 7) is 0.255. The number of benzene rings is 2. The molecule has 0 aliphatic carbocycles. The Bertz CT molecular complexity index is 1530. The number of carbonyl (C=O) groups excluding carboxylic acids is 1. The van der Waals surface area contributed by atoms with Gasteiger partial charge in [0, 0.05) is 22.8 Å². The molecular formula is C24H16ClF3N6O. The molecule has 1 N–H and O–H groups in total. The Morgan fingerprint density at radius 3 is 2.63 bits per heavy atom. The third-order valence-corrected chi connectivity index (χ3v) is 5.62. The van der Waals surface area contributed by atoms with Gasteiger partial charge in [0.1, 0.15) is 17.1 Å². The highest BCUT2D eigenvalue weighted by atomic mass is 35.5. The van der Waals surface area contributed by atoms with E-state index >= 15 is 0 Å². The normalized spacial score (nSPS) is 11.3. The topological polar surface area (TPSA) is 77.1 Å². The summed E-state index contributed by atoms with van der Waals surface area (Å²) in [6, 6.07) is 15.7. The number of anilines is 1. The maximum absolute atomic E-state index is 13.7. The van der Waals surface area contributed by atoms with Gasteiger partial charge in [-0.3, -0.25) is 9.48 Å². The van der Waals surface area contributed by atoms with Crippen LogP contribution in [0.15, 0.2) is 73.1 Å². The van der Waals surface area contributed by atoms with E-state index in [1.807, 2.05) is 0 Å². The third kappa shape index (κ3) is 4.60. The lowest BCUT2D eigenvalue weighted by Gasteiger charge is -2.08. The van der Waals surface area contributed by atoms with Crippen molar-refractivity contribution in [2.24, 2.45) is 0 Å². The number of alkyl halides is 2. The van der Waals surface area contributed by atoms with Crippen LogP contribution in [0.3, 0.4) is 0 Å². The van der Waals surface area contributed by atoms with Gasteiger partial charge in [-0.15, -0.1) is 0 Å². The molecule has 5 aromatic rings. The standard InChI is InChI=1S/C24H16ClF3N6O/c25-18-10-16(26)7-6-15(18)13-33-9-8-21(32-33)31-24(35)17-12-29-34-20(22(27)28)11-19(30-23(17)34)14-4-2-1-3-5-14/h1-12,22H,13H2,(H,31,32,35). The molecule has 2 aromatic carbocycles. The third-order valence-electron chi connectivity index (χ3n) is 5.27. The Hall–Kier alpha value is -4.18. The zero-order valence-electron chi connectivity index (χ0n) is 17.9. The monoisotopic (exact) mass is 496 g/mol. The summed E-state index contributed by atoms with van der Waals surface area (Å²) < 4.78 is 43.2. The van der Waals surface area contributed by atoms with Crippen LogP contribution in [0.25, 0.3) is 16.9 Å². The molecule has 35 heavy (non-hydrogen) atoms. The summed E-state index contributed by atoms with van der Waals surface area (Å²) in [5.74, 6) is -0.830. The van der Waals surface area contributed by atoms with E-state index in [0.29, 0.717) is 16.8 Å². The molecule has 0 unspecified atom stereocenters. The first-order valence-corrected chi connectivity index (χ1v) is 10.8. The molecule has 5 rings (SSSR count). The van der Waals surface area contributed by atoms with E-state index in [9.17, 15) is 18.0 Å². The average molecular weight is 497 g/mol. The smallest absolute Gasteiger partial charge is 0.280 e. The fraction of sp³-hybridized carbons (Fsp3) is 0.0833. The van der Waals surface area contributed by atoms with E-state index in [4.69, 9.17) is 11.6 Å². The number of fused-ring (bicyclic) bond motifs is 1. The fourth-order valence-electron chi connectivity index (χ4n) is 3.58. The van der Waals surface area contributed by atoms with Crippen LogP contribution < -0.4 is 5.32 Å². The summed E-state index contributed by atoms with van der Waals surface area (Å²) in [5.41, 5.74) is 1.20. The molecule has 11 heteroatoms. The first-order chi connectivity index (χ1) is 16.9. The minimum absolute atomic E-state index is 0.00307. The molecule has 7 nitrogen and oxygen atoms in total. The lowest BCUT2D eigenvalue weighted by molar-refractivity contribution is 0.102. The van der Waals surface area contributed by atoms with Crippen LogP contribution >= 0.6 is 11.6 Å². The second-order valence-corrected chi connectivity index (χ2v) is 8.02. The number of halogens is 4. The predicted molar refractivity (Wildman–Crippen MR) is 124 cm³/mol. The van der Waals surface area contributed by atoms with Crippen molar-refractivity contribution in [3.05, 3.63) is 101 Å². The molecule has 1 amide bonds. The molecule has 3 heterocycles. The Morgan fingerprint density at radius 2 is 1.89 bits per heavy atom. The number of hydrogen-bond donors (Lipinski definition) is 1. The van der Waals surface area contributed by atoms with Crippen LogP contribution in [0, 0.1) is 5.82 Å². The Labute approximate surface area is 201 Å². The van der Waals surface area contributed by atoms with Gasteiger partial charge in [0.15, 0.2) is 11.5 Å². The quantitative estimate of drug-likeness (QED) is 0.331. The van der Waals surface area contributed by atoms with E-state index in [-0.39, 0.29) is 34.3 Å². The zero-order chi connectivity index (χ0) is 24.5. The predicted octanol–water partition coefficient (Wildman–Crippen LogP) is 5.62. The van der Waals surface area contributed by atoms with Crippen molar-refractivity contribution >= 4 is 29.0 Å². The second kappa shape index (κ2) is 9.22. The van der Waals surface area contributed by atoms with Gasteiger partial charge in [-0.05, 0) is 23.8 Å². The lowest BCUT2D eigenvalue weighted by Crippen LogP contribution is -2.13. The molecular weight excluding hydrogens is 481 g/mol. The van der Waals surface area contributed by atoms with Crippen LogP contribution in [-0.2, 0) is 6.54 Å². The van der Waals surface area contributed by atoms with Gasteiger partial charge in [-0.1, -0.05) is 48.0 Å². The molecule has 0 bridgehead atoms. The number of aromatic nitrogens is 5. The molecule has 3 aromatic heterocycles. The highest BCUT2D eigenvalue weighted by Gasteiger charge is 2.22. The molecule has 0 aliphatic rings. The van der Waals surface area contributed by atoms with E-state index in [0.717, 1.165) is 4.52 Å². The summed E-state index contributed by atoms with van der Waals surface area (Å²) in [5, 5.41) is 11.1. The van der Waals surface area contributed by atoms with Gasteiger partial charge in [0.2, 0.25) is 0 Å². The molecule has 0 aliphatic heterocycles. The molecule has 0 radical (unpaired) electrons. The number of rotatable bonds is 6. The van der Waals surface area contributed by atoms with E-state index in [1.54, 1.807) is 48.7 Å². The number of amides is 1. The van der Waals surface area contributed by atoms with Crippen molar-refractivity contribution in [3.8, 4) is 11.3 Å². The van der Waals surface area contributed by atoms with E-state index < -0.39 is 18.1 Å². The van der Waals surface area contributed by atoms with Crippen molar-refractivity contribution in [1.29, 1.82) is 0 Å². The number of nitrogens with zero attached hydrogens (tertiary/aromatic N) is 5. The molecule has 0 saturated heterocycles. The van der Waals surface area contributed by atoms with E-state index in [2.05, 4.69) is 20.5 Å².